The summed E-state index contributed by atoms with van der Waals surface area (Å²) >= 11 is 5.52. The van der Waals surface area contributed by atoms with Crippen LogP contribution in [0, 0.1) is 4.77 Å². The van der Waals surface area contributed by atoms with Crippen molar-refractivity contribution in [2.45, 2.75) is 51.7 Å². The van der Waals surface area contributed by atoms with E-state index in [1.54, 1.807) is 0 Å². The fourth-order valence-electron chi connectivity index (χ4n) is 3.11. The molecule has 3 rings (SSSR count). The minimum absolute atomic E-state index is 0.389. The Kier molecular flexibility index (Phi) is 3.69. The summed E-state index contributed by atoms with van der Waals surface area (Å²) in [5.74, 6) is 0. The Morgan fingerprint density at radius 2 is 2.15 bits per heavy atom. The van der Waals surface area contributed by atoms with E-state index >= 15 is 0 Å². The predicted octanol–water partition coefficient (Wildman–Crippen LogP) is 3.12. The SMILES string of the molecule is CCCc1nn(C)c2c1[nH]c(=S)n2C1CC(OCC)C1. The summed E-state index contributed by atoms with van der Waals surface area (Å²) in [4.78, 5) is 3.35. The van der Waals surface area contributed by atoms with Crippen LogP contribution in [-0.2, 0) is 18.2 Å². The summed E-state index contributed by atoms with van der Waals surface area (Å²) in [5.41, 5.74) is 3.35. The van der Waals surface area contributed by atoms with Crippen LogP contribution >= 0.6 is 12.2 Å². The summed E-state index contributed by atoms with van der Waals surface area (Å²) in [7, 11) is 2.00. The number of ether oxygens (including phenoxy) is 1. The smallest absolute Gasteiger partial charge is 0.179 e. The molecule has 2 aromatic heterocycles. The van der Waals surface area contributed by atoms with Gasteiger partial charge >= 0.3 is 0 Å². The van der Waals surface area contributed by atoms with Crippen molar-refractivity contribution in [3.05, 3.63) is 10.5 Å². The second-order valence-electron chi connectivity index (χ2n) is 5.52. The van der Waals surface area contributed by atoms with E-state index in [4.69, 9.17) is 17.0 Å². The van der Waals surface area contributed by atoms with Gasteiger partial charge < -0.3 is 9.72 Å². The lowest BCUT2D eigenvalue weighted by atomic mass is 9.89. The van der Waals surface area contributed by atoms with Crippen molar-refractivity contribution in [1.82, 2.24) is 19.3 Å². The fraction of sp³-hybridized carbons (Fsp3) is 0.714. The van der Waals surface area contributed by atoms with Gasteiger partial charge in [0.25, 0.3) is 0 Å². The van der Waals surface area contributed by atoms with Crippen LogP contribution in [0.5, 0.6) is 0 Å². The molecule has 0 bridgehead atoms. The maximum Gasteiger partial charge on any atom is 0.179 e. The van der Waals surface area contributed by atoms with Crippen molar-refractivity contribution >= 4 is 23.4 Å². The zero-order chi connectivity index (χ0) is 14.3. The number of nitrogens with zero attached hydrogens (tertiary/aromatic N) is 3. The number of hydrogen-bond acceptors (Lipinski definition) is 3. The van der Waals surface area contributed by atoms with Crippen LogP contribution in [0.1, 0.15) is 44.8 Å². The molecule has 1 fully saturated rings. The first-order valence-corrected chi connectivity index (χ1v) is 7.84. The molecule has 1 aliphatic carbocycles. The van der Waals surface area contributed by atoms with Gasteiger partial charge in [0.2, 0.25) is 0 Å². The van der Waals surface area contributed by atoms with Gasteiger partial charge in [0.05, 0.1) is 11.8 Å². The number of fused-ring (bicyclic) bond motifs is 1. The van der Waals surface area contributed by atoms with E-state index in [2.05, 4.69) is 21.6 Å². The van der Waals surface area contributed by atoms with Crippen molar-refractivity contribution in [3.63, 3.8) is 0 Å². The Hall–Kier alpha value is -1.14. The second kappa shape index (κ2) is 5.33. The normalized spacial score (nSPS) is 22.4. The average molecular weight is 294 g/mol. The summed E-state index contributed by atoms with van der Waals surface area (Å²) in [5, 5.41) is 4.62. The minimum Gasteiger partial charge on any atom is -0.378 e. The van der Waals surface area contributed by atoms with Gasteiger partial charge in [0.1, 0.15) is 5.52 Å². The third kappa shape index (κ3) is 2.11. The van der Waals surface area contributed by atoms with E-state index in [1.165, 1.54) is 0 Å². The van der Waals surface area contributed by atoms with Gasteiger partial charge in [-0.25, -0.2) is 0 Å². The Bertz CT molecular complexity index is 663. The summed E-state index contributed by atoms with van der Waals surface area (Å²) < 4.78 is 10.7. The maximum absolute atomic E-state index is 5.65. The predicted molar refractivity (Wildman–Crippen MR) is 81.6 cm³/mol. The molecule has 0 aliphatic heterocycles. The quantitative estimate of drug-likeness (QED) is 0.862. The van der Waals surface area contributed by atoms with Crippen LogP contribution < -0.4 is 0 Å². The van der Waals surface area contributed by atoms with Crippen molar-refractivity contribution < 1.29 is 4.74 Å². The Morgan fingerprint density at radius 1 is 1.40 bits per heavy atom. The lowest BCUT2D eigenvalue weighted by Gasteiger charge is -2.35. The Balaban J connectivity index is 1.96. The average Bonchev–Trinajstić information content (AvgIpc) is 2.83. The van der Waals surface area contributed by atoms with Gasteiger partial charge in [0, 0.05) is 19.7 Å². The molecule has 0 spiro atoms. The highest BCUT2D eigenvalue weighted by Crippen LogP contribution is 2.37. The molecule has 0 unspecified atom stereocenters. The molecular weight excluding hydrogens is 272 g/mol. The molecule has 110 valence electrons. The van der Waals surface area contributed by atoms with Gasteiger partial charge in [0.15, 0.2) is 10.4 Å². The molecule has 2 heterocycles. The zero-order valence-corrected chi connectivity index (χ0v) is 13.2. The summed E-state index contributed by atoms with van der Waals surface area (Å²) in [6, 6.07) is 0.442. The molecule has 0 atom stereocenters. The first-order valence-electron chi connectivity index (χ1n) is 7.43. The number of imidazole rings is 1. The van der Waals surface area contributed by atoms with Crippen molar-refractivity contribution in [1.29, 1.82) is 0 Å². The first-order chi connectivity index (χ1) is 9.65. The second-order valence-corrected chi connectivity index (χ2v) is 5.91. The van der Waals surface area contributed by atoms with Crippen LogP contribution in [-0.4, -0.2) is 32.0 Å². The topological polar surface area (TPSA) is 47.8 Å². The standard InChI is InChI=1S/C14H22N4OS/c1-4-6-11-12-13(17(3)16-11)18(14(20)15-12)9-7-10(8-9)19-5-2/h9-10H,4-8H2,1-3H3,(H,15,20). The van der Waals surface area contributed by atoms with E-state index in [-0.39, 0.29) is 0 Å². The first kappa shape index (κ1) is 13.8. The van der Waals surface area contributed by atoms with Crippen LogP contribution in [0.15, 0.2) is 0 Å². The molecule has 20 heavy (non-hydrogen) atoms. The number of aryl methyl sites for hydroxylation is 2. The third-order valence-corrected chi connectivity index (χ3v) is 4.39. The van der Waals surface area contributed by atoms with Crippen molar-refractivity contribution in [2.75, 3.05) is 6.61 Å². The number of nitrogens with one attached hydrogen (secondary N) is 1. The number of aromatic nitrogens is 4. The molecule has 1 N–H and O–H groups in total. The van der Waals surface area contributed by atoms with Gasteiger partial charge in [-0.05, 0) is 38.4 Å². The summed E-state index contributed by atoms with van der Waals surface area (Å²) in [6.07, 6.45) is 4.56. The van der Waals surface area contributed by atoms with Crippen LogP contribution in [0.25, 0.3) is 11.2 Å². The highest BCUT2D eigenvalue weighted by atomic mass is 32.1. The highest BCUT2D eigenvalue weighted by Gasteiger charge is 2.33. The minimum atomic E-state index is 0.389. The number of rotatable bonds is 5. The molecule has 0 amide bonds. The largest absolute Gasteiger partial charge is 0.378 e. The molecule has 0 saturated heterocycles. The van der Waals surface area contributed by atoms with E-state index in [0.717, 1.165) is 53.9 Å². The maximum atomic E-state index is 5.65. The van der Waals surface area contributed by atoms with E-state index in [9.17, 15) is 0 Å². The third-order valence-electron chi connectivity index (χ3n) is 4.09. The van der Waals surface area contributed by atoms with Gasteiger partial charge in [-0.15, -0.1) is 0 Å². The number of H-pyrrole nitrogens is 1. The monoisotopic (exact) mass is 294 g/mol. The molecular formula is C14H22N4OS. The Morgan fingerprint density at radius 3 is 2.80 bits per heavy atom. The van der Waals surface area contributed by atoms with E-state index < -0.39 is 0 Å². The van der Waals surface area contributed by atoms with E-state index in [1.807, 2.05) is 18.7 Å². The molecule has 5 nitrogen and oxygen atoms in total. The fourth-order valence-corrected chi connectivity index (χ4v) is 3.45. The lowest BCUT2D eigenvalue weighted by Crippen LogP contribution is -2.33. The van der Waals surface area contributed by atoms with Crippen LogP contribution in [0.2, 0.25) is 0 Å². The van der Waals surface area contributed by atoms with Gasteiger partial charge in [-0.1, -0.05) is 13.3 Å². The van der Waals surface area contributed by atoms with E-state index in [0.29, 0.717) is 12.1 Å². The van der Waals surface area contributed by atoms with Crippen molar-refractivity contribution in [3.8, 4) is 0 Å². The zero-order valence-electron chi connectivity index (χ0n) is 12.3. The molecule has 0 radical (unpaired) electrons. The van der Waals surface area contributed by atoms with Crippen LogP contribution in [0.3, 0.4) is 0 Å². The Labute approximate surface area is 123 Å². The highest BCUT2D eigenvalue weighted by molar-refractivity contribution is 7.71. The molecule has 6 heteroatoms. The molecule has 2 aromatic rings. The van der Waals surface area contributed by atoms with Gasteiger partial charge in [-0.2, -0.15) is 5.10 Å². The molecule has 0 aromatic carbocycles. The lowest BCUT2D eigenvalue weighted by molar-refractivity contribution is -0.0192. The van der Waals surface area contributed by atoms with Crippen molar-refractivity contribution in [2.24, 2.45) is 7.05 Å². The summed E-state index contributed by atoms with van der Waals surface area (Å²) in [6.45, 7) is 5.01. The molecule has 1 saturated carbocycles. The number of aromatic amines is 1. The van der Waals surface area contributed by atoms with Crippen LogP contribution in [0.4, 0.5) is 0 Å². The van der Waals surface area contributed by atoms with Gasteiger partial charge in [-0.3, -0.25) is 9.25 Å². The number of hydrogen-bond donors (Lipinski definition) is 1. The molecule has 1 aliphatic rings.